The van der Waals surface area contributed by atoms with Gasteiger partial charge in [0.05, 0.1) is 10.6 Å². The molecule has 0 heterocycles. The van der Waals surface area contributed by atoms with Gasteiger partial charge in [-0.1, -0.05) is 79.9 Å². The molecule has 0 bridgehead atoms. The number of halogens is 2. The lowest BCUT2D eigenvalue weighted by atomic mass is 10.0. The van der Waals surface area contributed by atoms with E-state index in [1.165, 1.54) is 24.1 Å². The van der Waals surface area contributed by atoms with E-state index >= 15 is 0 Å². The summed E-state index contributed by atoms with van der Waals surface area (Å²) in [5.41, 5.74) is 2.87. The number of rotatable bonds is 11. The SMILES string of the molecule is CC[C@@H](C(=O)NC)N(Cc1ccc(Cl)cc1Cl)C(=O)CN(c1ccc(C(C)C)cc1)S(=O)(=O)c1ccc(C)cc1. The summed E-state index contributed by atoms with van der Waals surface area (Å²) < 4.78 is 29.0. The van der Waals surface area contributed by atoms with E-state index in [0.29, 0.717) is 27.7 Å². The van der Waals surface area contributed by atoms with Gasteiger partial charge in [-0.2, -0.15) is 0 Å². The van der Waals surface area contributed by atoms with Crippen molar-refractivity contribution in [2.45, 2.75) is 57.5 Å². The number of anilines is 1. The molecule has 0 saturated heterocycles. The molecule has 7 nitrogen and oxygen atoms in total. The Kier molecular flexibility index (Phi) is 10.6. The van der Waals surface area contributed by atoms with Crippen molar-refractivity contribution in [3.05, 3.63) is 93.5 Å². The van der Waals surface area contributed by atoms with Crippen LogP contribution in [0.1, 0.15) is 49.8 Å². The van der Waals surface area contributed by atoms with Crippen LogP contribution in [0.15, 0.2) is 71.6 Å². The Morgan fingerprint density at radius 2 is 1.57 bits per heavy atom. The molecule has 0 fully saturated rings. The maximum absolute atomic E-state index is 14.0. The molecule has 10 heteroatoms. The van der Waals surface area contributed by atoms with Gasteiger partial charge in [0.2, 0.25) is 11.8 Å². The molecule has 214 valence electrons. The Morgan fingerprint density at radius 3 is 2.10 bits per heavy atom. The highest BCUT2D eigenvalue weighted by atomic mass is 35.5. The summed E-state index contributed by atoms with van der Waals surface area (Å²) in [6, 6.07) is 17.6. The van der Waals surface area contributed by atoms with Crippen LogP contribution in [-0.4, -0.2) is 44.8 Å². The van der Waals surface area contributed by atoms with Crippen LogP contribution in [0.4, 0.5) is 5.69 Å². The van der Waals surface area contributed by atoms with Gasteiger partial charge < -0.3 is 10.2 Å². The predicted molar refractivity (Wildman–Crippen MR) is 161 cm³/mol. The standard InChI is InChI=1S/C30H35Cl2N3O4S/c1-6-28(30(37)33-5)34(18-23-9-12-24(31)17-27(23)32)29(36)19-35(25-13-10-22(11-14-25)20(2)3)40(38,39)26-15-7-21(4)8-16-26/h7-17,20,28H,6,18-19H2,1-5H3,(H,33,37)/t28-/m0/s1. The predicted octanol–water partition coefficient (Wildman–Crippen LogP) is 6.17. The van der Waals surface area contributed by atoms with Crippen molar-refractivity contribution in [3.8, 4) is 0 Å². The molecule has 1 N–H and O–H groups in total. The first kappa shape index (κ1) is 31.5. The molecule has 0 saturated carbocycles. The zero-order valence-corrected chi connectivity index (χ0v) is 25.6. The van der Waals surface area contributed by atoms with E-state index in [0.717, 1.165) is 15.4 Å². The number of amides is 2. The molecule has 3 aromatic rings. The first-order valence-electron chi connectivity index (χ1n) is 13.0. The molecule has 1 atom stereocenters. The maximum atomic E-state index is 14.0. The van der Waals surface area contributed by atoms with Crippen LogP contribution in [0.5, 0.6) is 0 Å². The minimum absolute atomic E-state index is 0.00846. The van der Waals surface area contributed by atoms with Crippen LogP contribution < -0.4 is 9.62 Å². The van der Waals surface area contributed by atoms with Crippen LogP contribution in [0.25, 0.3) is 0 Å². The molecule has 3 rings (SSSR count). The third-order valence-electron chi connectivity index (χ3n) is 6.72. The average molecular weight is 605 g/mol. The van der Waals surface area contributed by atoms with Crippen molar-refractivity contribution < 1.29 is 18.0 Å². The molecule has 40 heavy (non-hydrogen) atoms. The second-order valence-corrected chi connectivity index (χ2v) is 12.6. The fourth-order valence-corrected chi connectivity index (χ4v) is 6.19. The molecule has 0 aliphatic rings. The van der Waals surface area contributed by atoms with Gasteiger partial charge in [0, 0.05) is 23.6 Å². The molecule has 0 unspecified atom stereocenters. The number of nitrogens with one attached hydrogen (secondary N) is 1. The Morgan fingerprint density at radius 1 is 0.950 bits per heavy atom. The van der Waals surface area contributed by atoms with Crippen molar-refractivity contribution in [1.29, 1.82) is 0 Å². The molecular weight excluding hydrogens is 569 g/mol. The number of sulfonamides is 1. The quantitative estimate of drug-likeness (QED) is 0.284. The summed E-state index contributed by atoms with van der Waals surface area (Å²) in [6.07, 6.45) is 0.310. The first-order valence-corrected chi connectivity index (χ1v) is 15.2. The number of benzene rings is 3. The first-order chi connectivity index (χ1) is 18.9. The highest BCUT2D eigenvalue weighted by Gasteiger charge is 2.33. The Hall–Kier alpha value is -3.07. The fourth-order valence-electron chi connectivity index (χ4n) is 4.31. The van der Waals surface area contributed by atoms with Gasteiger partial charge in [-0.3, -0.25) is 13.9 Å². The number of carbonyl (C=O) groups is 2. The third-order valence-corrected chi connectivity index (χ3v) is 9.10. The fraction of sp³-hybridized carbons (Fsp3) is 0.333. The van der Waals surface area contributed by atoms with Crippen molar-refractivity contribution in [2.75, 3.05) is 17.9 Å². The van der Waals surface area contributed by atoms with Gasteiger partial charge in [-0.05, 0) is 66.8 Å². The largest absolute Gasteiger partial charge is 0.357 e. The number of aryl methyl sites for hydroxylation is 1. The van der Waals surface area contributed by atoms with E-state index in [9.17, 15) is 18.0 Å². The lowest BCUT2D eigenvalue weighted by molar-refractivity contribution is -0.140. The summed E-state index contributed by atoms with van der Waals surface area (Å²) in [7, 11) is -2.64. The summed E-state index contributed by atoms with van der Waals surface area (Å²) >= 11 is 12.5. The van der Waals surface area contributed by atoms with Crippen molar-refractivity contribution in [3.63, 3.8) is 0 Å². The Balaban J connectivity index is 2.09. The van der Waals surface area contributed by atoms with Crippen LogP contribution >= 0.6 is 23.2 Å². The van der Waals surface area contributed by atoms with E-state index in [4.69, 9.17) is 23.2 Å². The van der Waals surface area contributed by atoms with E-state index in [2.05, 4.69) is 5.32 Å². The third kappa shape index (κ3) is 7.36. The Bertz CT molecular complexity index is 1440. The topological polar surface area (TPSA) is 86.8 Å². The van der Waals surface area contributed by atoms with E-state index in [-0.39, 0.29) is 23.3 Å². The molecule has 0 aliphatic carbocycles. The van der Waals surface area contributed by atoms with E-state index in [1.807, 2.05) is 32.9 Å². The minimum atomic E-state index is -4.14. The van der Waals surface area contributed by atoms with Crippen LogP contribution in [0, 0.1) is 6.92 Å². The lowest BCUT2D eigenvalue weighted by Gasteiger charge is -2.33. The average Bonchev–Trinajstić information content (AvgIpc) is 2.92. The molecule has 2 amide bonds. The molecule has 0 radical (unpaired) electrons. The van der Waals surface area contributed by atoms with Crippen molar-refractivity contribution in [2.24, 2.45) is 0 Å². The van der Waals surface area contributed by atoms with Crippen LogP contribution in [0.2, 0.25) is 10.0 Å². The van der Waals surface area contributed by atoms with E-state index in [1.54, 1.807) is 49.4 Å². The normalized spacial score (nSPS) is 12.2. The molecule has 3 aromatic carbocycles. The summed E-state index contributed by atoms with van der Waals surface area (Å²) in [4.78, 5) is 28.3. The number of likely N-dealkylation sites (N-methyl/N-ethyl adjacent to an activating group) is 1. The van der Waals surface area contributed by atoms with Gasteiger partial charge in [-0.25, -0.2) is 8.42 Å². The number of carbonyl (C=O) groups excluding carboxylic acids is 2. The zero-order valence-electron chi connectivity index (χ0n) is 23.3. The number of hydrogen-bond donors (Lipinski definition) is 1. The van der Waals surface area contributed by atoms with Gasteiger partial charge in [0.25, 0.3) is 10.0 Å². The second kappa shape index (κ2) is 13.5. The van der Waals surface area contributed by atoms with Gasteiger partial charge in [-0.15, -0.1) is 0 Å². The summed E-state index contributed by atoms with van der Waals surface area (Å²) in [5, 5.41) is 3.38. The number of hydrogen-bond acceptors (Lipinski definition) is 4. The smallest absolute Gasteiger partial charge is 0.264 e. The van der Waals surface area contributed by atoms with Crippen molar-refractivity contribution in [1.82, 2.24) is 10.2 Å². The zero-order chi connectivity index (χ0) is 29.6. The monoisotopic (exact) mass is 603 g/mol. The molecule has 0 aliphatic heterocycles. The van der Waals surface area contributed by atoms with E-state index < -0.39 is 28.5 Å². The second-order valence-electron chi connectivity index (χ2n) is 9.87. The van der Waals surface area contributed by atoms with Crippen LogP contribution in [-0.2, 0) is 26.2 Å². The van der Waals surface area contributed by atoms with Crippen molar-refractivity contribution >= 4 is 50.7 Å². The Labute approximate surface area is 247 Å². The maximum Gasteiger partial charge on any atom is 0.264 e. The molecule has 0 aromatic heterocycles. The van der Waals surface area contributed by atoms with Gasteiger partial charge in [0.15, 0.2) is 0 Å². The minimum Gasteiger partial charge on any atom is -0.357 e. The van der Waals surface area contributed by atoms with Gasteiger partial charge >= 0.3 is 0 Å². The molecule has 0 spiro atoms. The number of nitrogens with zero attached hydrogens (tertiary/aromatic N) is 2. The summed E-state index contributed by atoms with van der Waals surface area (Å²) in [5.74, 6) is -0.671. The molecular formula is C30H35Cl2N3O4S. The van der Waals surface area contributed by atoms with Crippen LogP contribution in [0.3, 0.4) is 0 Å². The summed E-state index contributed by atoms with van der Waals surface area (Å²) in [6.45, 7) is 7.22. The highest BCUT2D eigenvalue weighted by Crippen LogP contribution is 2.28. The highest BCUT2D eigenvalue weighted by molar-refractivity contribution is 7.92. The lowest BCUT2D eigenvalue weighted by Crippen LogP contribution is -2.51. The van der Waals surface area contributed by atoms with Gasteiger partial charge in [0.1, 0.15) is 12.6 Å².